The first kappa shape index (κ1) is 21.6. The molecule has 1 aromatic carbocycles. The molecule has 1 aliphatic rings. The van der Waals surface area contributed by atoms with Gasteiger partial charge in [0, 0.05) is 18.2 Å². The normalized spacial score (nSPS) is 21.2. The Hall–Kier alpha value is -1.74. The zero-order valence-corrected chi connectivity index (χ0v) is 15.7. The molecule has 0 aliphatic heterocycles. The highest BCUT2D eigenvalue weighted by Crippen LogP contribution is 2.38. The SMILES string of the molecule is CC(=O)c1ccc(CNC2CC(C(N)(CCCCB(O)O)C(=O)O)C2)cc1. The highest BCUT2D eigenvalue weighted by atomic mass is 16.4. The molecule has 0 bridgehead atoms. The van der Waals surface area contributed by atoms with E-state index in [-0.39, 0.29) is 24.1 Å². The van der Waals surface area contributed by atoms with Gasteiger partial charge in [0.15, 0.2) is 5.78 Å². The molecular formula is C19H29BN2O5. The maximum atomic E-state index is 11.7. The van der Waals surface area contributed by atoms with E-state index in [4.69, 9.17) is 15.8 Å². The molecule has 7 nitrogen and oxygen atoms in total. The summed E-state index contributed by atoms with van der Waals surface area (Å²) in [6.07, 6.45) is 3.06. The molecule has 0 saturated heterocycles. The summed E-state index contributed by atoms with van der Waals surface area (Å²) in [5.74, 6) is -1.04. The third-order valence-electron chi connectivity index (χ3n) is 5.52. The van der Waals surface area contributed by atoms with Gasteiger partial charge < -0.3 is 26.2 Å². The van der Waals surface area contributed by atoms with Crippen molar-refractivity contribution in [3.8, 4) is 0 Å². The van der Waals surface area contributed by atoms with Crippen LogP contribution in [0.25, 0.3) is 0 Å². The number of carboxylic acids is 1. The molecule has 148 valence electrons. The van der Waals surface area contributed by atoms with Crippen LogP contribution < -0.4 is 11.1 Å². The number of benzene rings is 1. The molecule has 1 aromatic rings. The molecule has 8 heteroatoms. The summed E-state index contributed by atoms with van der Waals surface area (Å²) in [7, 11) is -1.36. The Morgan fingerprint density at radius 2 is 1.85 bits per heavy atom. The van der Waals surface area contributed by atoms with Crippen molar-refractivity contribution in [1.82, 2.24) is 5.32 Å². The van der Waals surface area contributed by atoms with Crippen molar-refractivity contribution in [3.63, 3.8) is 0 Å². The van der Waals surface area contributed by atoms with E-state index in [9.17, 15) is 14.7 Å². The maximum absolute atomic E-state index is 11.7. The smallest absolute Gasteiger partial charge is 0.451 e. The first-order valence-corrected chi connectivity index (χ1v) is 9.44. The number of carboxylic acid groups (broad SMARTS) is 1. The van der Waals surface area contributed by atoms with Crippen LogP contribution in [0.3, 0.4) is 0 Å². The Kier molecular flexibility index (Phi) is 7.55. The number of nitrogens with two attached hydrogens (primary N) is 1. The van der Waals surface area contributed by atoms with E-state index in [1.807, 2.05) is 24.3 Å². The minimum absolute atomic E-state index is 0.0396. The maximum Gasteiger partial charge on any atom is 0.451 e. The summed E-state index contributed by atoms with van der Waals surface area (Å²) in [5, 5.41) is 30.7. The lowest BCUT2D eigenvalue weighted by molar-refractivity contribution is -0.148. The van der Waals surface area contributed by atoms with Crippen LogP contribution in [-0.2, 0) is 11.3 Å². The van der Waals surface area contributed by atoms with Gasteiger partial charge in [0.2, 0.25) is 0 Å². The quantitative estimate of drug-likeness (QED) is 0.223. The summed E-state index contributed by atoms with van der Waals surface area (Å²) in [4.78, 5) is 23.0. The van der Waals surface area contributed by atoms with E-state index in [1.165, 1.54) is 6.92 Å². The fraction of sp³-hybridized carbons (Fsp3) is 0.579. The van der Waals surface area contributed by atoms with Crippen LogP contribution in [0.5, 0.6) is 0 Å². The van der Waals surface area contributed by atoms with E-state index >= 15 is 0 Å². The lowest BCUT2D eigenvalue weighted by Gasteiger charge is -2.45. The highest BCUT2D eigenvalue weighted by Gasteiger charge is 2.47. The number of carbonyl (C=O) groups is 2. The van der Waals surface area contributed by atoms with E-state index in [0.29, 0.717) is 44.2 Å². The van der Waals surface area contributed by atoms with Gasteiger partial charge in [-0.05, 0) is 44.0 Å². The average Bonchev–Trinajstić information content (AvgIpc) is 2.57. The Balaban J connectivity index is 1.78. The Bertz CT molecular complexity index is 646. The van der Waals surface area contributed by atoms with Crippen LogP contribution >= 0.6 is 0 Å². The first-order chi connectivity index (χ1) is 12.7. The van der Waals surface area contributed by atoms with Gasteiger partial charge in [-0.2, -0.15) is 0 Å². The summed E-state index contributed by atoms with van der Waals surface area (Å²) in [6, 6.07) is 7.67. The van der Waals surface area contributed by atoms with Crippen molar-refractivity contribution in [3.05, 3.63) is 35.4 Å². The molecule has 1 atom stereocenters. The second-order valence-electron chi connectivity index (χ2n) is 7.57. The minimum atomic E-state index is -1.36. The van der Waals surface area contributed by atoms with Gasteiger partial charge >= 0.3 is 13.1 Å². The standard InChI is InChI=1S/C19H29BN2O5/c1-13(23)15-6-4-14(5-7-15)12-22-17-10-16(11-17)19(21,18(24)25)8-2-3-9-20(26)27/h4-7,16-17,22,26-27H,2-3,8-12,21H2,1H3,(H,24,25). The monoisotopic (exact) mass is 376 g/mol. The number of carbonyl (C=O) groups excluding carboxylic acids is 1. The van der Waals surface area contributed by atoms with Crippen LogP contribution in [-0.4, -0.2) is 45.6 Å². The van der Waals surface area contributed by atoms with Crippen LogP contribution in [0.4, 0.5) is 0 Å². The zero-order chi connectivity index (χ0) is 20.0. The van der Waals surface area contributed by atoms with Crippen LogP contribution in [0, 0.1) is 5.92 Å². The number of aliphatic carboxylic acids is 1. The van der Waals surface area contributed by atoms with Crippen molar-refractivity contribution in [2.24, 2.45) is 11.7 Å². The zero-order valence-electron chi connectivity index (χ0n) is 15.7. The van der Waals surface area contributed by atoms with Gasteiger partial charge in [-0.1, -0.05) is 37.1 Å². The molecule has 1 fully saturated rings. The number of Topliss-reactive ketones (excluding diaryl/α,β-unsaturated/α-hetero) is 1. The number of unbranched alkanes of at least 4 members (excludes halogenated alkanes) is 1. The Morgan fingerprint density at radius 3 is 2.37 bits per heavy atom. The van der Waals surface area contributed by atoms with Crippen molar-refractivity contribution < 1.29 is 24.7 Å². The highest BCUT2D eigenvalue weighted by molar-refractivity contribution is 6.40. The predicted octanol–water partition coefficient (Wildman–Crippen LogP) is 1.18. The number of rotatable bonds is 11. The second-order valence-corrected chi connectivity index (χ2v) is 7.57. The van der Waals surface area contributed by atoms with Crippen molar-refractivity contribution in [2.75, 3.05) is 0 Å². The average molecular weight is 376 g/mol. The van der Waals surface area contributed by atoms with Crippen molar-refractivity contribution in [1.29, 1.82) is 0 Å². The lowest BCUT2D eigenvalue weighted by atomic mass is 9.66. The summed E-state index contributed by atoms with van der Waals surface area (Å²) >= 11 is 0. The third kappa shape index (κ3) is 5.87. The molecule has 1 aliphatic carbocycles. The van der Waals surface area contributed by atoms with Crippen LogP contribution in [0.1, 0.15) is 54.9 Å². The molecule has 1 unspecified atom stereocenters. The van der Waals surface area contributed by atoms with Gasteiger partial charge in [-0.15, -0.1) is 0 Å². The van der Waals surface area contributed by atoms with Gasteiger partial charge in [-0.3, -0.25) is 9.59 Å². The number of hydrogen-bond acceptors (Lipinski definition) is 6. The number of ketones is 1. The van der Waals surface area contributed by atoms with Gasteiger partial charge in [0.25, 0.3) is 0 Å². The molecule has 0 amide bonds. The van der Waals surface area contributed by atoms with Gasteiger partial charge in [-0.25, -0.2) is 0 Å². The first-order valence-electron chi connectivity index (χ1n) is 9.44. The van der Waals surface area contributed by atoms with Crippen molar-refractivity contribution >= 4 is 18.9 Å². The molecule has 1 saturated carbocycles. The fourth-order valence-corrected chi connectivity index (χ4v) is 3.55. The van der Waals surface area contributed by atoms with E-state index in [2.05, 4.69) is 5.32 Å². The molecular weight excluding hydrogens is 347 g/mol. The molecule has 6 N–H and O–H groups in total. The van der Waals surface area contributed by atoms with Crippen LogP contribution in [0.15, 0.2) is 24.3 Å². The fourth-order valence-electron chi connectivity index (χ4n) is 3.55. The number of nitrogens with one attached hydrogen (secondary N) is 1. The van der Waals surface area contributed by atoms with Gasteiger partial charge in [0.1, 0.15) is 5.54 Å². The van der Waals surface area contributed by atoms with E-state index in [1.54, 1.807) is 0 Å². The Labute approximate surface area is 160 Å². The molecule has 27 heavy (non-hydrogen) atoms. The Morgan fingerprint density at radius 1 is 1.22 bits per heavy atom. The molecule has 2 rings (SSSR count). The van der Waals surface area contributed by atoms with Crippen molar-refractivity contribution in [2.45, 2.75) is 63.5 Å². The molecule has 0 aromatic heterocycles. The van der Waals surface area contributed by atoms with E-state index in [0.717, 1.165) is 5.56 Å². The summed E-state index contributed by atoms with van der Waals surface area (Å²) < 4.78 is 0. The summed E-state index contributed by atoms with van der Waals surface area (Å²) in [6.45, 7) is 2.20. The predicted molar refractivity (Wildman–Crippen MR) is 103 cm³/mol. The summed E-state index contributed by atoms with van der Waals surface area (Å²) in [5.41, 5.74) is 6.69. The largest absolute Gasteiger partial charge is 0.480 e. The topological polar surface area (TPSA) is 133 Å². The minimum Gasteiger partial charge on any atom is -0.480 e. The molecule has 0 radical (unpaired) electrons. The third-order valence-corrected chi connectivity index (χ3v) is 5.52. The molecule has 0 heterocycles. The van der Waals surface area contributed by atoms with Gasteiger partial charge in [0.05, 0.1) is 0 Å². The van der Waals surface area contributed by atoms with Crippen LogP contribution in [0.2, 0.25) is 6.32 Å². The molecule has 0 spiro atoms. The van der Waals surface area contributed by atoms with E-state index < -0.39 is 18.6 Å². The lowest BCUT2D eigenvalue weighted by Crippen LogP contribution is -2.61. The number of hydrogen-bond donors (Lipinski definition) is 5. The second kappa shape index (κ2) is 9.46.